The van der Waals surface area contributed by atoms with E-state index in [1.165, 1.54) is 0 Å². The lowest BCUT2D eigenvalue weighted by atomic mass is 10.3. The van der Waals surface area contributed by atoms with Crippen LogP contribution in [0.3, 0.4) is 0 Å². The molecule has 2 aromatic heterocycles. The van der Waals surface area contributed by atoms with Crippen molar-refractivity contribution in [1.29, 1.82) is 0 Å². The number of thiophene rings is 1. The first-order valence-electron chi connectivity index (χ1n) is 5.60. The molecule has 0 bridgehead atoms. The van der Waals surface area contributed by atoms with E-state index in [1.54, 1.807) is 11.3 Å². The Balaban J connectivity index is 2.50. The Labute approximate surface area is 113 Å². The SMILES string of the molecule is CCNc1nc(-c2cccs2)nc(CC)c1Br. The summed E-state index contributed by atoms with van der Waals surface area (Å²) < 4.78 is 0.974. The molecule has 0 spiro atoms. The summed E-state index contributed by atoms with van der Waals surface area (Å²) in [6, 6.07) is 4.06. The highest BCUT2D eigenvalue weighted by Gasteiger charge is 2.12. The van der Waals surface area contributed by atoms with Crippen molar-refractivity contribution in [3.63, 3.8) is 0 Å². The van der Waals surface area contributed by atoms with Crippen molar-refractivity contribution in [3.05, 3.63) is 27.7 Å². The second kappa shape index (κ2) is 5.60. The van der Waals surface area contributed by atoms with Gasteiger partial charge in [0.05, 0.1) is 15.0 Å². The lowest BCUT2D eigenvalue weighted by molar-refractivity contribution is 0.986. The van der Waals surface area contributed by atoms with Gasteiger partial charge in [-0.15, -0.1) is 11.3 Å². The van der Waals surface area contributed by atoms with Crippen LogP contribution >= 0.6 is 27.3 Å². The van der Waals surface area contributed by atoms with Gasteiger partial charge < -0.3 is 5.32 Å². The molecule has 2 rings (SSSR count). The number of aromatic nitrogens is 2. The minimum Gasteiger partial charge on any atom is -0.369 e. The number of anilines is 1. The lowest BCUT2D eigenvalue weighted by Gasteiger charge is -2.10. The number of rotatable bonds is 4. The fourth-order valence-corrected chi connectivity index (χ4v) is 2.78. The minimum atomic E-state index is 0.802. The predicted octanol–water partition coefficient (Wildman–Crippen LogP) is 3.96. The molecule has 0 unspecified atom stereocenters. The first-order chi connectivity index (χ1) is 8.26. The molecular formula is C12H14BrN3S. The van der Waals surface area contributed by atoms with E-state index in [2.05, 4.69) is 45.1 Å². The Hall–Kier alpha value is -0.940. The van der Waals surface area contributed by atoms with Crippen molar-refractivity contribution in [3.8, 4) is 10.7 Å². The second-order valence-electron chi connectivity index (χ2n) is 3.52. The van der Waals surface area contributed by atoms with Crippen LogP contribution in [0.4, 0.5) is 5.82 Å². The van der Waals surface area contributed by atoms with Gasteiger partial charge in [-0.2, -0.15) is 0 Å². The van der Waals surface area contributed by atoms with Crippen LogP contribution in [0.15, 0.2) is 22.0 Å². The maximum atomic E-state index is 4.59. The summed E-state index contributed by atoms with van der Waals surface area (Å²) in [6.07, 6.45) is 0.889. The molecule has 0 fully saturated rings. The fraction of sp³-hybridized carbons (Fsp3) is 0.333. The molecule has 17 heavy (non-hydrogen) atoms. The first-order valence-corrected chi connectivity index (χ1v) is 7.27. The topological polar surface area (TPSA) is 37.8 Å². The van der Waals surface area contributed by atoms with Crippen LogP contribution in [0.2, 0.25) is 0 Å². The maximum absolute atomic E-state index is 4.59. The van der Waals surface area contributed by atoms with Gasteiger partial charge in [-0.1, -0.05) is 13.0 Å². The summed E-state index contributed by atoms with van der Waals surface area (Å²) in [5.41, 5.74) is 1.04. The van der Waals surface area contributed by atoms with Crippen molar-refractivity contribution in [2.45, 2.75) is 20.3 Å². The van der Waals surface area contributed by atoms with Crippen molar-refractivity contribution < 1.29 is 0 Å². The molecule has 2 aromatic rings. The van der Waals surface area contributed by atoms with Crippen molar-refractivity contribution in [1.82, 2.24) is 9.97 Å². The molecule has 0 aliphatic rings. The third-order valence-electron chi connectivity index (χ3n) is 2.34. The summed E-state index contributed by atoms with van der Waals surface area (Å²) in [5.74, 6) is 1.68. The molecule has 3 nitrogen and oxygen atoms in total. The Morgan fingerprint density at radius 1 is 1.35 bits per heavy atom. The Morgan fingerprint density at radius 3 is 2.76 bits per heavy atom. The molecule has 2 heterocycles. The maximum Gasteiger partial charge on any atom is 0.171 e. The molecule has 0 aliphatic carbocycles. The molecule has 0 amide bonds. The number of hydrogen-bond donors (Lipinski definition) is 1. The third kappa shape index (κ3) is 2.66. The van der Waals surface area contributed by atoms with Crippen LogP contribution in [-0.2, 0) is 6.42 Å². The van der Waals surface area contributed by atoms with Crippen LogP contribution in [0, 0.1) is 0 Å². The Morgan fingerprint density at radius 2 is 2.18 bits per heavy atom. The molecule has 5 heteroatoms. The van der Waals surface area contributed by atoms with Gasteiger partial charge in [-0.05, 0) is 40.7 Å². The lowest BCUT2D eigenvalue weighted by Crippen LogP contribution is -2.05. The number of nitrogens with one attached hydrogen (secondary N) is 1. The van der Waals surface area contributed by atoms with Gasteiger partial charge in [-0.25, -0.2) is 9.97 Å². The van der Waals surface area contributed by atoms with E-state index < -0.39 is 0 Å². The number of halogens is 1. The normalized spacial score (nSPS) is 10.5. The zero-order valence-electron chi connectivity index (χ0n) is 9.83. The standard InChI is InChI=1S/C12H14BrN3S/c1-3-8-10(13)12(14-4-2)16-11(15-8)9-6-5-7-17-9/h5-7H,3-4H2,1-2H3,(H,14,15,16). The highest BCUT2D eigenvalue weighted by molar-refractivity contribution is 9.10. The smallest absolute Gasteiger partial charge is 0.171 e. The van der Waals surface area contributed by atoms with Crippen molar-refractivity contribution in [2.75, 3.05) is 11.9 Å². The van der Waals surface area contributed by atoms with Gasteiger partial charge in [0.2, 0.25) is 0 Å². The Bertz CT molecular complexity index is 497. The molecule has 0 saturated heterocycles. The summed E-state index contributed by atoms with van der Waals surface area (Å²) in [7, 11) is 0. The molecule has 0 aromatic carbocycles. The molecule has 90 valence electrons. The second-order valence-corrected chi connectivity index (χ2v) is 5.26. The van der Waals surface area contributed by atoms with E-state index in [0.717, 1.165) is 39.7 Å². The molecule has 0 saturated carbocycles. The largest absolute Gasteiger partial charge is 0.369 e. The summed E-state index contributed by atoms with van der Waals surface area (Å²) in [5, 5.41) is 5.30. The van der Waals surface area contributed by atoms with E-state index in [9.17, 15) is 0 Å². The van der Waals surface area contributed by atoms with Gasteiger partial charge in [-0.3, -0.25) is 0 Å². The van der Waals surface area contributed by atoms with Crippen LogP contribution < -0.4 is 5.32 Å². The average molecular weight is 312 g/mol. The quantitative estimate of drug-likeness (QED) is 0.928. The molecule has 0 atom stereocenters. The van der Waals surface area contributed by atoms with E-state index in [1.807, 2.05) is 17.5 Å². The van der Waals surface area contributed by atoms with Gasteiger partial charge in [0.25, 0.3) is 0 Å². The van der Waals surface area contributed by atoms with Crippen molar-refractivity contribution in [2.24, 2.45) is 0 Å². The number of aryl methyl sites for hydroxylation is 1. The third-order valence-corrected chi connectivity index (χ3v) is 4.04. The van der Waals surface area contributed by atoms with E-state index in [0.29, 0.717) is 0 Å². The summed E-state index contributed by atoms with van der Waals surface area (Å²) >= 11 is 5.22. The molecular weight excluding hydrogens is 298 g/mol. The minimum absolute atomic E-state index is 0.802. The van der Waals surface area contributed by atoms with Crippen LogP contribution in [0.25, 0.3) is 10.7 Å². The van der Waals surface area contributed by atoms with E-state index in [-0.39, 0.29) is 0 Å². The van der Waals surface area contributed by atoms with Crippen molar-refractivity contribution >= 4 is 33.1 Å². The highest BCUT2D eigenvalue weighted by Crippen LogP contribution is 2.29. The van der Waals surface area contributed by atoms with Gasteiger partial charge >= 0.3 is 0 Å². The first kappa shape index (κ1) is 12.5. The molecule has 1 N–H and O–H groups in total. The van der Waals surface area contributed by atoms with Crippen LogP contribution in [0.1, 0.15) is 19.5 Å². The number of hydrogen-bond acceptors (Lipinski definition) is 4. The van der Waals surface area contributed by atoms with Gasteiger partial charge in [0.1, 0.15) is 5.82 Å². The van der Waals surface area contributed by atoms with Crippen LogP contribution in [-0.4, -0.2) is 16.5 Å². The number of nitrogens with zero attached hydrogens (tertiary/aromatic N) is 2. The monoisotopic (exact) mass is 311 g/mol. The highest BCUT2D eigenvalue weighted by atomic mass is 79.9. The van der Waals surface area contributed by atoms with E-state index >= 15 is 0 Å². The molecule has 0 radical (unpaired) electrons. The average Bonchev–Trinajstić information content (AvgIpc) is 2.85. The zero-order chi connectivity index (χ0) is 12.3. The van der Waals surface area contributed by atoms with E-state index in [4.69, 9.17) is 0 Å². The predicted molar refractivity (Wildman–Crippen MR) is 76.6 cm³/mol. The molecule has 0 aliphatic heterocycles. The summed E-state index contributed by atoms with van der Waals surface area (Å²) in [6.45, 7) is 5.01. The van der Waals surface area contributed by atoms with Gasteiger partial charge in [0, 0.05) is 6.54 Å². The van der Waals surface area contributed by atoms with Crippen LogP contribution in [0.5, 0.6) is 0 Å². The van der Waals surface area contributed by atoms with Gasteiger partial charge in [0.15, 0.2) is 5.82 Å². The summed E-state index contributed by atoms with van der Waals surface area (Å²) in [4.78, 5) is 10.2. The fourth-order valence-electron chi connectivity index (χ4n) is 1.53. The zero-order valence-corrected chi connectivity index (χ0v) is 12.2. The Kier molecular flexibility index (Phi) is 4.12.